The van der Waals surface area contributed by atoms with Gasteiger partial charge in [0.15, 0.2) is 13.3 Å². The van der Waals surface area contributed by atoms with Crippen LogP contribution in [0, 0.1) is 0 Å². The second-order valence-corrected chi connectivity index (χ2v) is 11.5. The fourth-order valence-corrected chi connectivity index (χ4v) is 2.94. The minimum atomic E-state index is -5.51. The van der Waals surface area contributed by atoms with Crippen molar-refractivity contribution in [3.63, 3.8) is 0 Å². The van der Waals surface area contributed by atoms with E-state index in [-0.39, 0.29) is 5.56 Å². The lowest BCUT2D eigenvalue weighted by Crippen LogP contribution is -2.29. The first-order chi connectivity index (χ1) is 11.0. The molecule has 0 N–H and O–H groups in total. The lowest BCUT2D eigenvalue weighted by Gasteiger charge is -2.22. The van der Waals surface area contributed by atoms with Gasteiger partial charge in [-0.15, -0.1) is 0 Å². The minimum Gasteiger partial charge on any atom is -0.744 e. The molecule has 0 bridgehead atoms. The number of carbonyl (C=O) groups excluding carboxylic acids is 2. The lowest BCUT2D eigenvalue weighted by molar-refractivity contribution is -0.190. The molecule has 0 heterocycles. The zero-order chi connectivity index (χ0) is 19.8. The van der Waals surface area contributed by atoms with E-state index in [0.717, 1.165) is 13.0 Å². The van der Waals surface area contributed by atoms with Crippen LogP contribution in [0.3, 0.4) is 0 Å². The molecule has 7 nitrogen and oxygen atoms in total. The summed E-state index contributed by atoms with van der Waals surface area (Å²) in [5.41, 5.74) is -0.276. The normalized spacial score (nSPS) is 14.6. The molecule has 0 aromatic heterocycles. The summed E-state index contributed by atoms with van der Waals surface area (Å²) in [6, 6.07) is 1.48. The van der Waals surface area contributed by atoms with Crippen molar-refractivity contribution >= 4 is 72.2 Å². The van der Waals surface area contributed by atoms with Crippen molar-refractivity contribution in [1.29, 1.82) is 0 Å². The summed E-state index contributed by atoms with van der Waals surface area (Å²) in [6.07, 6.45) is -5.51. The van der Waals surface area contributed by atoms with Gasteiger partial charge < -0.3 is 14.0 Å². The molecule has 0 amide bonds. The van der Waals surface area contributed by atoms with Crippen LogP contribution in [-0.2, 0) is 21.5 Å². The van der Waals surface area contributed by atoms with Crippen LogP contribution in [0.4, 0.5) is 13.2 Å². The Bertz CT molecular complexity index is 820. The van der Waals surface area contributed by atoms with Crippen LogP contribution in [0.2, 0.25) is 0 Å². The summed E-state index contributed by atoms with van der Waals surface area (Å²) in [4.78, 5) is 21.0. The lowest BCUT2D eigenvalue weighted by atomic mass is 10.2. The van der Waals surface area contributed by atoms with Crippen molar-refractivity contribution in [3.05, 3.63) is 17.7 Å². The molecule has 1 rings (SSSR count). The van der Waals surface area contributed by atoms with Gasteiger partial charge in [-0.25, -0.2) is 13.2 Å². The molecular weight excluding hydrogens is 575 g/mol. The molecule has 0 aliphatic heterocycles. The van der Waals surface area contributed by atoms with E-state index in [9.17, 15) is 35.7 Å². The Morgan fingerprint density at radius 2 is 1.76 bits per heavy atom. The van der Waals surface area contributed by atoms with E-state index in [1.807, 2.05) is 0 Å². The van der Waals surface area contributed by atoms with Gasteiger partial charge in [-0.05, 0) is 28.7 Å². The first-order valence-electron chi connectivity index (χ1n) is 5.72. The Morgan fingerprint density at radius 3 is 2.12 bits per heavy atom. The smallest absolute Gasteiger partial charge is 0.491 e. The topological polar surface area (TPSA) is 110 Å². The number of hydrogen-bond donors (Lipinski definition) is 0. The molecule has 0 aliphatic carbocycles. The standard InChI is InChI=1S/C11H6BrClF3IO7S/c1-4(18)23-7-5(10(12,13)17)2-3-6(25(20,21)22)8(7)24-9(19)11(14,15)16/h2-3H,1H3,(H,20,21,22)/p-1. The highest BCUT2D eigenvalue weighted by Gasteiger charge is 2.43. The summed E-state index contributed by atoms with van der Waals surface area (Å²) in [5.74, 6) is -6.25. The van der Waals surface area contributed by atoms with E-state index in [1.165, 1.54) is 22.6 Å². The molecular formula is C11H5BrClF3IO7S-. The monoisotopic (exact) mass is 579 g/mol. The fraction of sp³-hybridized carbons (Fsp3) is 0.273. The van der Waals surface area contributed by atoms with Crippen LogP contribution in [0.25, 0.3) is 0 Å². The van der Waals surface area contributed by atoms with Crippen LogP contribution < -0.4 is 9.47 Å². The van der Waals surface area contributed by atoms with E-state index in [4.69, 9.17) is 11.6 Å². The third-order valence-corrected chi connectivity index (χ3v) is 4.39. The van der Waals surface area contributed by atoms with Crippen molar-refractivity contribution in [2.24, 2.45) is 0 Å². The predicted molar refractivity (Wildman–Crippen MR) is 87.9 cm³/mol. The van der Waals surface area contributed by atoms with Gasteiger partial charge in [0.25, 0.3) is 0 Å². The third-order valence-electron chi connectivity index (χ3n) is 2.32. The average Bonchev–Trinajstić information content (AvgIpc) is 2.35. The molecule has 25 heavy (non-hydrogen) atoms. The van der Waals surface area contributed by atoms with E-state index in [1.54, 1.807) is 0 Å². The van der Waals surface area contributed by atoms with E-state index in [2.05, 4.69) is 25.4 Å². The van der Waals surface area contributed by atoms with Gasteiger partial charge in [0.05, 0.1) is 0 Å². The van der Waals surface area contributed by atoms with Crippen molar-refractivity contribution < 1.29 is 45.2 Å². The van der Waals surface area contributed by atoms with Gasteiger partial charge in [-0.2, -0.15) is 13.2 Å². The number of esters is 2. The molecule has 1 atom stereocenters. The van der Waals surface area contributed by atoms with Crippen LogP contribution in [0.5, 0.6) is 11.5 Å². The second-order valence-electron chi connectivity index (χ2n) is 4.20. The highest BCUT2D eigenvalue weighted by molar-refractivity contribution is 14.1. The van der Waals surface area contributed by atoms with Gasteiger partial charge in [0.1, 0.15) is 15.0 Å². The average molecular weight is 580 g/mol. The van der Waals surface area contributed by atoms with Gasteiger partial charge in [0, 0.05) is 12.5 Å². The predicted octanol–water partition coefficient (Wildman–Crippen LogP) is 3.16. The highest BCUT2D eigenvalue weighted by atomic mass is 127. The zero-order valence-electron chi connectivity index (χ0n) is 11.7. The maximum atomic E-state index is 12.4. The molecule has 140 valence electrons. The van der Waals surface area contributed by atoms with Crippen molar-refractivity contribution in [2.75, 3.05) is 0 Å². The van der Waals surface area contributed by atoms with Crippen LogP contribution in [-0.4, -0.2) is 31.1 Å². The van der Waals surface area contributed by atoms with Gasteiger partial charge in [-0.1, -0.05) is 33.6 Å². The first-order valence-corrected chi connectivity index (χ1v) is 9.38. The number of rotatable bonds is 4. The van der Waals surface area contributed by atoms with E-state index < -0.39 is 46.4 Å². The van der Waals surface area contributed by atoms with Crippen LogP contribution >= 0.6 is 50.1 Å². The zero-order valence-corrected chi connectivity index (χ0v) is 17.0. The van der Waals surface area contributed by atoms with Crippen LogP contribution in [0.15, 0.2) is 17.0 Å². The van der Waals surface area contributed by atoms with E-state index in [0.29, 0.717) is 6.07 Å². The third kappa shape index (κ3) is 5.94. The Labute approximate surface area is 165 Å². The Kier molecular flexibility index (Phi) is 6.76. The molecule has 0 saturated heterocycles. The van der Waals surface area contributed by atoms with E-state index >= 15 is 0 Å². The SMILES string of the molecule is CC(=O)Oc1c(C(Cl)(Br)I)ccc(S(=O)(=O)[O-])c1OC(=O)C(F)(F)F. The number of alkyl halides is 6. The maximum Gasteiger partial charge on any atom is 0.491 e. The van der Waals surface area contributed by atoms with Crippen molar-refractivity contribution in [3.8, 4) is 11.5 Å². The number of benzene rings is 1. The summed E-state index contributed by atoms with van der Waals surface area (Å²) >= 11 is 10.4. The van der Waals surface area contributed by atoms with Crippen molar-refractivity contribution in [1.82, 2.24) is 0 Å². The van der Waals surface area contributed by atoms with Crippen molar-refractivity contribution in [2.45, 2.75) is 19.8 Å². The molecule has 1 aromatic rings. The summed E-state index contributed by atoms with van der Waals surface area (Å²) in [7, 11) is -5.39. The molecule has 1 aromatic carbocycles. The largest absolute Gasteiger partial charge is 0.744 e. The molecule has 0 aliphatic rings. The molecule has 0 saturated carbocycles. The number of hydrogen-bond acceptors (Lipinski definition) is 7. The molecule has 0 radical (unpaired) electrons. The summed E-state index contributed by atoms with van der Waals surface area (Å²) < 4.78 is 78.2. The Balaban J connectivity index is 3.81. The summed E-state index contributed by atoms with van der Waals surface area (Å²) in [6.45, 7) is 0.842. The molecule has 0 spiro atoms. The fourth-order valence-electron chi connectivity index (χ4n) is 1.46. The first kappa shape index (κ1) is 22.4. The maximum absolute atomic E-state index is 12.4. The molecule has 0 fully saturated rings. The number of ether oxygens (including phenoxy) is 2. The second kappa shape index (κ2) is 7.54. The van der Waals surface area contributed by atoms with Crippen LogP contribution in [0.1, 0.15) is 12.5 Å². The quantitative estimate of drug-likeness (QED) is 0.177. The van der Waals surface area contributed by atoms with Gasteiger partial charge >= 0.3 is 18.1 Å². The van der Waals surface area contributed by atoms with Gasteiger partial charge in [0.2, 0.25) is 0 Å². The minimum absolute atomic E-state index is 0.276. The molecule has 14 heteroatoms. The van der Waals surface area contributed by atoms with Gasteiger partial charge in [-0.3, -0.25) is 4.79 Å². The molecule has 1 unspecified atom stereocenters. The summed E-state index contributed by atoms with van der Waals surface area (Å²) in [5, 5.41) is 0. The number of halogens is 6. The Hall–Kier alpha value is -0.640. The number of carbonyl (C=O) groups is 2. The highest BCUT2D eigenvalue weighted by Crippen LogP contribution is 2.51. The Morgan fingerprint density at radius 1 is 1.24 bits per heavy atom.